The summed E-state index contributed by atoms with van der Waals surface area (Å²) in [5, 5.41) is 2.90. The largest absolute Gasteiger partial charge is 0.356 e. The van der Waals surface area contributed by atoms with Gasteiger partial charge in [0.1, 0.15) is 0 Å². The van der Waals surface area contributed by atoms with E-state index in [9.17, 15) is 4.79 Å². The summed E-state index contributed by atoms with van der Waals surface area (Å²) in [7, 11) is 0. The van der Waals surface area contributed by atoms with Crippen LogP contribution in [0.1, 0.15) is 53.9 Å². The van der Waals surface area contributed by atoms with Gasteiger partial charge in [-0.05, 0) is 17.8 Å². The summed E-state index contributed by atoms with van der Waals surface area (Å²) < 4.78 is 0. The summed E-state index contributed by atoms with van der Waals surface area (Å²) in [5.74, 6) is 0.628. The van der Waals surface area contributed by atoms with Gasteiger partial charge in [-0.3, -0.25) is 4.79 Å². The van der Waals surface area contributed by atoms with E-state index >= 15 is 0 Å². The van der Waals surface area contributed by atoms with Gasteiger partial charge >= 0.3 is 0 Å². The van der Waals surface area contributed by atoms with Crippen LogP contribution in [0.25, 0.3) is 0 Å². The molecule has 0 heterocycles. The normalized spacial score (nSPS) is 17.2. The summed E-state index contributed by atoms with van der Waals surface area (Å²) >= 11 is 0. The summed E-state index contributed by atoms with van der Waals surface area (Å²) in [6.45, 7) is 11.4. The number of hydrogen-bond acceptors (Lipinski definition) is 1. The van der Waals surface area contributed by atoms with Gasteiger partial charge in [0.25, 0.3) is 0 Å². The van der Waals surface area contributed by atoms with Crippen molar-refractivity contribution in [2.75, 3.05) is 6.54 Å². The van der Waals surface area contributed by atoms with E-state index in [1.54, 1.807) is 6.92 Å². The molecule has 1 unspecified atom stereocenters. The van der Waals surface area contributed by atoms with Crippen LogP contribution < -0.4 is 5.32 Å². The Morgan fingerprint density at radius 1 is 1.43 bits per heavy atom. The summed E-state index contributed by atoms with van der Waals surface area (Å²) in [6.07, 6.45) is 3.64. The monoisotopic (exact) mass is 199 g/mol. The van der Waals surface area contributed by atoms with Gasteiger partial charge in [-0.25, -0.2) is 0 Å². The van der Waals surface area contributed by atoms with Crippen LogP contribution in [0.3, 0.4) is 0 Å². The molecule has 0 aliphatic rings. The average Bonchev–Trinajstić information content (AvgIpc) is 2.14. The predicted octanol–water partition coefficient (Wildman–Crippen LogP) is 2.98. The minimum absolute atomic E-state index is 0.0757. The first-order valence-corrected chi connectivity index (χ1v) is 5.70. The van der Waals surface area contributed by atoms with Crippen LogP contribution in [-0.4, -0.2) is 12.5 Å². The van der Waals surface area contributed by atoms with Crippen molar-refractivity contribution in [1.29, 1.82) is 0 Å². The number of amides is 1. The van der Waals surface area contributed by atoms with Gasteiger partial charge in [0.05, 0.1) is 0 Å². The second-order valence-corrected chi connectivity index (χ2v) is 4.60. The molecule has 1 N–H and O–H groups in total. The van der Waals surface area contributed by atoms with Crippen LogP contribution in [-0.2, 0) is 4.79 Å². The molecule has 0 rings (SSSR count). The molecule has 0 aromatic heterocycles. The van der Waals surface area contributed by atoms with Crippen molar-refractivity contribution in [3.05, 3.63) is 0 Å². The second-order valence-electron chi connectivity index (χ2n) is 4.60. The highest BCUT2D eigenvalue weighted by molar-refractivity contribution is 5.72. The molecule has 0 saturated carbocycles. The van der Waals surface area contributed by atoms with Crippen molar-refractivity contribution in [3.8, 4) is 0 Å². The minimum Gasteiger partial charge on any atom is -0.356 e. The topological polar surface area (TPSA) is 29.1 Å². The van der Waals surface area contributed by atoms with Crippen LogP contribution in [0.5, 0.6) is 0 Å². The maximum atomic E-state index is 10.8. The van der Waals surface area contributed by atoms with E-state index in [-0.39, 0.29) is 5.91 Å². The van der Waals surface area contributed by atoms with E-state index in [0.717, 1.165) is 6.54 Å². The molecule has 0 spiro atoms. The van der Waals surface area contributed by atoms with E-state index in [4.69, 9.17) is 0 Å². The fourth-order valence-electron chi connectivity index (χ4n) is 1.89. The highest BCUT2D eigenvalue weighted by atomic mass is 16.1. The molecule has 0 aromatic carbocycles. The van der Waals surface area contributed by atoms with Gasteiger partial charge in [-0.2, -0.15) is 0 Å². The van der Waals surface area contributed by atoms with Crippen LogP contribution in [0.4, 0.5) is 0 Å². The number of hydrogen-bond donors (Lipinski definition) is 1. The number of carbonyl (C=O) groups is 1. The van der Waals surface area contributed by atoms with Gasteiger partial charge in [-0.15, -0.1) is 0 Å². The lowest BCUT2D eigenvalue weighted by molar-refractivity contribution is -0.119. The average molecular weight is 199 g/mol. The number of carbonyl (C=O) groups excluding carboxylic acids is 1. The van der Waals surface area contributed by atoms with Crippen molar-refractivity contribution < 1.29 is 4.79 Å². The van der Waals surface area contributed by atoms with E-state index in [1.165, 1.54) is 19.3 Å². The molecule has 2 heteroatoms. The van der Waals surface area contributed by atoms with Gasteiger partial charge in [0.2, 0.25) is 5.91 Å². The Bertz CT molecular complexity index is 179. The number of nitrogens with one attached hydrogen (secondary N) is 1. The SMILES string of the molecule is CCCC(C)(CC)[C@H](C)CNC(C)=O. The third-order valence-corrected chi connectivity index (χ3v) is 3.48. The van der Waals surface area contributed by atoms with Crippen LogP contribution >= 0.6 is 0 Å². The van der Waals surface area contributed by atoms with Crippen molar-refractivity contribution in [1.82, 2.24) is 5.32 Å². The van der Waals surface area contributed by atoms with Crippen LogP contribution in [0, 0.1) is 11.3 Å². The minimum atomic E-state index is 0.0757. The Morgan fingerprint density at radius 2 is 2.00 bits per heavy atom. The molecule has 2 nitrogen and oxygen atoms in total. The first kappa shape index (κ1) is 13.5. The number of rotatable bonds is 6. The van der Waals surface area contributed by atoms with E-state index in [2.05, 4.69) is 33.0 Å². The molecule has 0 bridgehead atoms. The van der Waals surface area contributed by atoms with Crippen LogP contribution in [0.15, 0.2) is 0 Å². The first-order chi connectivity index (χ1) is 6.46. The Balaban J connectivity index is 4.15. The Morgan fingerprint density at radius 3 is 2.36 bits per heavy atom. The van der Waals surface area contributed by atoms with Crippen molar-refractivity contribution in [2.45, 2.75) is 53.9 Å². The molecule has 0 radical (unpaired) electrons. The van der Waals surface area contributed by atoms with E-state index in [1.807, 2.05) is 0 Å². The summed E-state index contributed by atoms with van der Waals surface area (Å²) in [4.78, 5) is 10.8. The smallest absolute Gasteiger partial charge is 0.216 e. The Hall–Kier alpha value is -0.530. The molecular formula is C12H25NO. The van der Waals surface area contributed by atoms with Crippen molar-refractivity contribution in [3.63, 3.8) is 0 Å². The van der Waals surface area contributed by atoms with Gasteiger partial charge < -0.3 is 5.32 Å². The van der Waals surface area contributed by atoms with Gasteiger partial charge in [0, 0.05) is 13.5 Å². The molecule has 0 saturated heterocycles. The highest BCUT2D eigenvalue weighted by Gasteiger charge is 2.27. The molecular weight excluding hydrogens is 174 g/mol. The molecule has 0 aliphatic carbocycles. The fraction of sp³-hybridized carbons (Fsp3) is 0.917. The Kier molecular flexibility index (Phi) is 5.82. The molecule has 14 heavy (non-hydrogen) atoms. The molecule has 2 atom stereocenters. The lowest BCUT2D eigenvalue weighted by Crippen LogP contribution is -2.35. The standard InChI is InChI=1S/C12H25NO/c1-6-8-12(5,7-2)10(3)9-13-11(4)14/h10H,6-9H2,1-5H3,(H,13,14)/t10-,12?/m1/s1. The van der Waals surface area contributed by atoms with E-state index < -0.39 is 0 Å². The van der Waals surface area contributed by atoms with Crippen molar-refractivity contribution >= 4 is 5.91 Å². The fourth-order valence-corrected chi connectivity index (χ4v) is 1.89. The molecule has 1 amide bonds. The van der Waals surface area contributed by atoms with Crippen LogP contribution in [0.2, 0.25) is 0 Å². The zero-order valence-corrected chi connectivity index (χ0v) is 10.3. The summed E-state index contributed by atoms with van der Waals surface area (Å²) in [5.41, 5.74) is 0.372. The maximum Gasteiger partial charge on any atom is 0.216 e. The molecule has 0 aliphatic heterocycles. The molecule has 84 valence electrons. The van der Waals surface area contributed by atoms with Crippen molar-refractivity contribution in [2.24, 2.45) is 11.3 Å². The molecule has 0 aromatic rings. The zero-order chi connectivity index (χ0) is 11.2. The second kappa shape index (κ2) is 6.05. The zero-order valence-electron chi connectivity index (χ0n) is 10.3. The predicted molar refractivity (Wildman–Crippen MR) is 61.2 cm³/mol. The first-order valence-electron chi connectivity index (χ1n) is 5.70. The lowest BCUT2D eigenvalue weighted by Gasteiger charge is -2.34. The highest BCUT2D eigenvalue weighted by Crippen LogP contribution is 2.35. The third-order valence-electron chi connectivity index (χ3n) is 3.48. The lowest BCUT2D eigenvalue weighted by atomic mass is 9.72. The van der Waals surface area contributed by atoms with E-state index in [0.29, 0.717) is 11.3 Å². The van der Waals surface area contributed by atoms with Gasteiger partial charge in [0.15, 0.2) is 0 Å². The van der Waals surface area contributed by atoms with Gasteiger partial charge in [-0.1, -0.05) is 40.5 Å². The molecule has 0 fully saturated rings. The third kappa shape index (κ3) is 4.12. The maximum absolute atomic E-state index is 10.8. The summed E-state index contributed by atoms with van der Waals surface area (Å²) in [6, 6.07) is 0. The quantitative estimate of drug-likeness (QED) is 0.700. The Labute approximate surface area is 88.5 Å².